The lowest BCUT2D eigenvalue weighted by molar-refractivity contribution is 0.0679. The maximum atomic E-state index is 15.4. The highest BCUT2D eigenvalue weighted by molar-refractivity contribution is 5.82. The molecule has 0 spiro atoms. The molecule has 3 heterocycles. The summed E-state index contributed by atoms with van der Waals surface area (Å²) in [5.74, 6) is 3.22. The Hall–Kier alpha value is -2.53. The van der Waals surface area contributed by atoms with Crippen LogP contribution in [0.25, 0.3) is 5.70 Å². The number of ether oxygens (including phenoxy) is 2. The second-order valence-corrected chi connectivity index (χ2v) is 11.6. The standard InChI is InChI=1S/C32H41FN2O2/c1-3-23-6-7-24(17-23)26-12-14-34(20-26)32-11-8-27(19-31(32)33)35-15-13-25-18-28(9-10-30(25)22(35)2)37-21-29-5-4-16-36-29/h8-11,18-19,23-24,26,29H,2-7,12-17,20-21H2,1H3/t23?,24?,26?,29-/m0/s1. The summed E-state index contributed by atoms with van der Waals surface area (Å²) in [5.41, 5.74) is 4.92. The Morgan fingerprint density at radius 1 is 1.05 bits per heavy atom. The number of rotatable bonds is 7. The Bertz CT molecular complexity index is 1130. The third kappa shape index (κ3) is 5.12. The number of hydrogen-bond donors (Lipinski definition) is 0. The van der Waals surface area contributed by atoms with Crippen molar-refractivity contribution in [2.45, 2.75) is 64.4 Å². The second-order valence-electron chi connectivity index (χ2n) is 11.6. The molecule has 1 saturated carbocycles. The van der Waals surface area contributed by atoms with Crippen LogP contribution < -0.4 is 14.5 Å². The van der Waals surface area contributed by atoms with E-state index in [4.69, 9.17) is 9.47 Å². The molecular weight excluding hydrogens is 463 g/mol. The van der Waals surface area contributed by atoms with Crippen LogP contribution in [0, 0.1) is 23.6 Å². The molecule has 0 bridgehead atoms. The van der Waals surface area contributed by atoms with Crippen molar-refractivity contribution in [1.82, 2.24) is 0 Å². The van der Waals surface area contributed by atoms with Gasteiger partial charge in [0.05, 0.1) is 11.8 Å². The lowest BCUT2D eigenvalue weighted by Crippen LogP contribution is -2.29. The smallest absolute Gasteiger partial charge is 0.148 e. The summed E-state index contributed by atoms with van der Waals surface area (Å²) in [5, 5.41) is 0. The predicted molar refractivity (Wildman–Crippen MR) is 149 cm³/mol. The zero-order valence-electron chi connectivity index (χ0n) is 22.3. The highest BCUT2D eigenvalue weighted by Gasteiger charge is 2.35. The lowest BCUT2D eigenvalue weighted by Gasteiger charge is -2.33. The fourth-order valence-corrected chi connectivity index (χ4v) is 7.13. The Labute approximate surface area is 221 Å². The van der Waals surface area contributed by atoms with Gasteiger partial charge in [0, 0.05) is 43.2 Å². The van der Waals surface area contributed by atoms with Crippen molar-refractivity contribution in [3.8, 4) is 5.75 Å². The van der Waals surface area contributed by atoms with Crippen molar-refractivity contribution in [2.24, 2.45) is 17.8 Å². The van der Waals surface area contributed by atoms with Crippen LogP contribution in [-0.4, -0.2) is 39.0 Å². The highest BCUT2D eigenvalue weighted by atomic mass is 19.1. The van der Waals surface area contributed by atoms with E-state index in [9.17, 15) is 0 Å². The Morgan fingerprint density at radius 3 is 2.76 bits per heavy atom. The van der Waals surface area contributed by atoms with Gasteiger partial charge in [-0.25, -0.2) is 4.39 Å². The fraction of sp³-hybridized carbons (Fsp3) is 0.562. The molecule has 0 amide bonds. The van der Waals surface area contributed by atoms with Crippen LogP contribution in [-0.2, 0) is 11.2 Å². The van der Waals surface area contributed by atoms with Gasteiger partial charge in [0.15, 0.2) is 0 Å². The van der Waals surface area contributed by atoms with Crippen molar-refractivity contribution in [3.05, 3.63) is 59.9 Å². The average molecular weight is 505 g/mol. The van der Waals surface area contributed by atoms with Crippen LogP contribution in [0.5, 0.6) is 5.75 Å². The van der Waals surface area contributed by atoms with Crippen molar-refractivity contribution in [3.63, 3.8) is 0 Å². The topological polar surface area (TPSA) is 24.9 Å². The molecule has 4 nitrogen and oxygen atoms in total. The molecule has 37 heavy (non-hydrogen) atoms. The number of nitrogens with zero attached hydrogens (tertiary/aromatic N) is 2. The van der Waals surface area contributed by atoms with E-state index in [0.717, 1.165) is 85.7 Å². The normalized spacial score (nSPS) is 27.7. The molecule has 3 unspecified atom stereocenters. The van der Waals surface area contributed by atoms with Gasteiger partial charge in [0.25, 0.3) is 0 Å². The minimum atomic E-state index is -0.118. The van der Waals surface area contributed by atoms with Gasteiger partial charge >= 0.3 is 0 Å². The molecule has 2 aromatic rings. The molecule has 0 N–H and O–H groups in total. The van der Waals surface area contributed by atoms with Gasteiger partial charge in [-0.2, -0.15) is 0 Å². The third-order valence-electron chi connectivity index (χ3n) is 9.41. The highest BCUT2D eigenvalue weighted by Crippen LogP contribution is 2.42. The van der Waals surface area contributed by atoms with Gasteiger partial charge in [-0.15, -0.1) is 0 Å². The first-order valence-corrected chi connectivity index (χ1v) is 14.5. The van der Waals surface area contributed by atoms with Gasteiger partial charge < -0.3 is 19.3 Å². The van der Waals surface area contributed by atoms with Gasteiger partial charge in [0.2, 0.25) is 0 Å². The Kier molecular flexibility index (Phi) is 7.16. The summed E-state index contributed by atoms with van der Waals surface area (Å²) in [6.45, 7) is 10.9. The zero-order valence-corrected chi connectivity index (χ0v) is 22.3. The summed E-state index contributed by atoms with van der Waals surface area (Å²) >= 11 is 0. The van der Waals surface area contributed by atoms with Crippen molar-refractivity contribution >= 4 is 17.1 Å². The first-order chi connectivity index (χ1) is 18.1. The van der Waals surface area contributed by atoms with Crippen LogP contribution in [0.2, 0.25) is 0 Å². The van der Waals surface area contributed by atoms with E-state index in [1.807, 2.05) is 12.1 Å². The molecule has 2 aromatic carbocycles. The van der Waals surface area contributed by atoms with E-state index < -0.39 is 0 Å². The monoisotopic (exact) mass is 504 g/mol. The SMILES string of the molecule is C=C1c2ccc(OC[C@@H]3CCCO3)cc2CCN1c1ccc(N2CCC(C3CCC(CC)C3)C2)c(F)c1. The van der Waals surface area contributed by atoms with Crippen LogP contribution >= 0.6 is 0 Å². The number of anilines is 2. The second kappa shape index (κ2) is 10.7. The van der Waals surface area contributed by atoms with Crippen LogP contribution in [0.15, 0.2) is 43.0 Å². The van der Waals surface area contributed by atoms with E-state index in [1.54, 1.807) is 6.07 Å². The summed E-state index contributed by atoms with van der Waals surface area (Å²) in [7, 11) is 0. The molecule has 6 rings (SSSR count). The van der Waals surface area contributed by atoms with Crippen LogP contribution in [0.3, 0.4) is 0 Å². The molecule has 2 saturated heterocycles. The predicted octanol–water partition coefficient (Wildman–Crippen LogP) is 7.07. The van der Waals surface area contributed by atoms with E-state index in [-0.39, 0.29) is 11.9 Å². The number of benzene rings is 2. The zero-order chi connectivity index (χ0) is 25.4. The van der Waals surface area contributed by atoms with Gasteiger partial charge in [-0.05, 0) is 98.2 Å². The van der Waals surface area contributed by atoms with Crippen molar-refractivity contribution in [2.75, 3.05) is 42.6 Å². The maximum Gasteiger partial charge on any atom is 0.148 e. The molecule has 4 atom stereocenters. The quantitative estimate of drug-likeness (QED) is 0.403. The largest absolute Gasteiger partial charge is 0.491 e. The van der Waals surface area contributed by atoms with E-state index >= 15 is 4.39 Å². The number of hydrogen-bond acceptors (Lipinski definition) is 4. The van der Waals surface area contributed by atoms with E-state index in [0.29, 0.717) is 12.5 Å². The summed E-state index contributed by atoms with van der Waals surface area (Å²) < 4.78 is 27.1. The van der Waals surface area contributed by atoms with Gasteiger partial charge in [0.1, 0.15) is 18.2 Å². The van der Waals surface area contributed by atoms with Crippen LogP contribution in [0.1, 0.15) is 63.0 Å². The first-order valence-electron chi connectivity index (χ1n) is 14.5. The van der Waals surface area contributed by atoms with Gasteiger partial charge in [-0.3, -0.25) is 0 Å². The lowest BCUT2D eigenvalue weighted by atomic mass is 9.89. The number of fused-ring (bicyclic) bond motifs is 1. The summed E-state index contributed by atoms with van der Waals surface area (Å²) in [4.78, 5) is 4.43. The van der Waals surface area contributed by atoms with E-state index in [2.05, 4.69) is 41.5 Å². The molecule has 4 aliphatic rings. The minimum absolute atomic E-state index is 0.118. The number of halogens is 1. The maximum absolute atomic E-state index is 15.4. The summed E-state index contributed by atoms with van der Waals surface area (Å²) in [6.07, 6.45) is 9.90. The molecule has 0 radical (unpaired) electrons. The Balaban J connectivity index is 1.10. The molecule has 198 valence electrons. The molecule has 1 aliphatic carbocycles. The average Bonchev–Trinajstić information content (AvgIpc) is 3.69. The molecule has 5 heteroatoms. The van der Waals surface area contributed by atoms with Crippen molar-refractivity contribution < 1.29 is 13.9 Å². The third-order valence-corrected chi connectivity index (χ3v) is 9.41. The van der Waals surface area contributed by atoms with Gasteiger partial charge in [-0.1, -0.05) is 26.3 Å². The Morgan fingerprint density at radius 2 is 1.97 bits per heavy atom. The molecule has 3 aliphatic heterocycles. The van der Waals surface area contributed by atoms with E-state index in [1.165, 1.54) is 37.7 Å². The molecular formula is C32H41FN2O2. The molecule has 3 fully saturated rings. The first kappa shape index (κ1) is 24.8. The fourth-order valence-electron chi connectivity index (χ4n) is 7.13. The van der Waals surface area contributed by atoms with Crippen LogP contribution in [0.4, 0.5) is 15.8 Å². The summed E-state index contributed by atoms with van der Waals surface area (Å²) in [6, 6.07) is 12.0. The molecule has 0 aromatic heterocycles. The minimum Gasteiger partial charge on any atom is -0.491 e. The van der Waals surface area contributed by atoms with Crippen molar-refractivity contribution in [1.29, 1.82) is 0 Å².